The molecule has 3 heteroatoms. The van der Waals surface area contributed by atoms with Gasteiger partial charge in [-0.3, -0.25) is 0 Å². The predicted molar refractivity (Wildman–Crippen MR) is 50.5 cm³/mol. The fourth-order valence-electron chi connectivity index (χ4n) is 2.26. The van der Waals surface area contributed by atoms with Gasteiger partial charge in [0.2, 0.25) is 0 Å². The van der Waals surface area contributed by atoms with Crippen LogP contribution in [0.1, 0.15) is 6.42 Å². The van der Waals surface area contributed by atoms with Gasteiger partial charge in [-0.05, 0) is 18.1 Å². The van der Waals surface area contributed by atoms with Crippen LogP contribution in [0.25, 0.3) is 0 Å². The Morgan fingerprint density at radius 3 is 2.50 bits per heavy atom. The third-order valence-electron chi connectivity index (χ3n) is 3.39. The molecule has 3 saturated heterocycles. The number of rotatable bonds is 2. The van der Waals surface area contributed by atoms with Crippen molar-refractivity contribution in [3.8, 4) is 0 Å². The highest BCUT2D eigenvalue weighted by Gasteiger charge is 2.46. The zero-order chi connectivity index (χ0) is 7.97. The van der Waals surface area contributed by atoms with Crippen molar-refractivity contribution < 1.29 is 4.74 Å². The van der Waals surface area contributed by atoms with E-state index >= 15 is 0 Å². The van der Waals surface area contributed by atoms with Crippen LogP contribution < -0.4 is 5.32 Å². The zero-order valence-electron chi connectivity index (χ0n) is 7.16. The highest BCUT2D eigenvalue weighted by Crippen LogP contribution is 2.45. The van der Waals surface area contributed by atoms with Crippen LogP contribution in [0, 0.1) is 11.8 Å². The Hall–Kier alpha value is 0.270. The lowest BCUT2D eigenvalue weighted by Gasteiger charge is -2.50. The molecule has 68 valence electrons. The molecule has 12 heavy (non-hydrogen) atoms. The van der Waals surface area contributed by atoms with Crippen LogP contribution in [0.4, 0.5) is 0 Å². The summed E-state index contributed by atoms with van der Waals surface area (Å²) in [5, 5.41) is 4.28. The molecule has 0 aromatic rings. The Morgan fingerprint density at radius 2 is 2.17 bits per heavy atom. The van der Waals surface area contributed by atoms with Gasteiger partial charge in [0.1, 0.15) is 0 Å². The summed E-state index contributed by atoms with van der Waals surface area (Å²) >= 11 is 2.15. The fraction of sp³-hybridized carbons (Fsp3) is 1.00. The molecule has 3 aliphatic heterocycles. The average Bonchev–Trinajstić information content (AvgIpc) is 1.84. The van der Waals surface area contributed by atoms with E-state index in [2.05, 4.69) is 17.1 Å². The number of hydrogen-bond acceptors (Lipinski definition) is 3. The minimum atomic E-state index is 0.636. The Balaban J connectivity index is 1.57. The molecule has 0 radical (unpaired) electrons. The molecule has 0 aliphatic carbocycles. The van der Waals surface area contributed by atoms with Gasteiger partial charge in [-0.1, -0.05) is 0 Å². The summed E-state index contributed by atoms with van der Waals surface area (Å²) in [6.07, 6.45) is 1.96. The summed E-state index contributed by atoms with van der Waals surface area (Å²) in [6.45, 7) is 3.52. The molecule has 0 spiro atoms. The smallest absolute Gasteiger partial charge is 0.0643 e. The molecule has 0 bridgehead atoms. The molecule has 0 aromatic heterocycles. The van der Waals surface area contributed by atoms with E-state index in [4.69, 9.17) is 4.74 Å². The van der Waals surface area contributed by atoms with Gasteiger partial charge >= 0.3 is 0 Å². The minimum Gasteiger partial charge on any atom is -0.378 e. The van der Waals surface area contributed by atoms with E-state index in [9.17, 15) is 0 Å². The van der Waals surface area contributed by atoms with E-state index in [-0.39, 0.29) is 0 Å². The van der Waals surface area contributed by atoms with E-state index in [0.717, 1.165) is 23.7 Å². The van der Waals surface area contributed by atoms with Crippen LogP contribution in [0.5, 0.6) is 0 Å². The normalized spacial score (nSPS) is 47.5. The largest absolute Gasteiger partial charge is 0.378 e. The molecule has 3 fully saturated rings. The van der Waals surface area contributed by atoms with Crippen molar-refractivity contribution in [3.63, 3.8) is 0 Å². The summed E-state index contributed by atoms with van der Waals surface area (Å²) in [6, 6.07) is 0. The molecule has 3 atom stereocenters. The first-order valence-electron chi connectivity index (χ1n) is 4.89. The molecular formula is C9H15NOS. The van der Waals surface area contributed by atoms with Gasteiger partial charge < -0.3 is 10.1 Å². The second-order valence-corrected chi connectivity index (χ2v) is 5.29. The summed E-state index contributed by atoms with van der Waals surface area (Å²) in [5.74, 6) is 3.21. The van der Waals surface area contributed by atoms with Crippen LogP contribution in [-0.4, -0.2) is 36.8 Å². The van der Waals surface area contributed by atoms with Crippen LogP contribution in [0.3, 0.4) is 0 Å². The maximum atomic E-state index is 5.55. The van der Waals surface area contributed by atoms with Crippen LogP contribution in [0.15, 0.2) is 0 Å². The Labute approximate surface area is 77.4 Å². The number of hydrogen-bond donors (Lipinski definition) is 1. The van der Waals surface area contributed by atoms with E-state index < -0.39 is 0 Å². The van der Waals surface area contributed by atoms with E-state index in [1.165, 1.54) is 25.3 Å². The van der Waals surface area contributed by atoms with Crippen LogP contribution >= 0.6 is 11.8 Å². The minimum absolute atomic E-state index is 0.636. The first-order chi connectivity index (χ1) is 5.95. The number of ether oxygens (including phenoxy) is 1. The Morgan fingerprint density at radius 1 is 1.33 bits per heavy atom. The molecule has 0 saturated carbocycles. The van der Waals surface area contributed by atoms with Gasteiger partial charge in [-0.2, -0.15) is 11.8 Å². The van der Waals surface area contributed by atoms with Crippen molar-refractivity contribution >= 4 is 11.8 Å². The van der Waals surface area contributed by atoms with Crippen molar-refractivity contribution in [3.05, 3.63) is 0 Å². The molecule has 3 heterocycles. The standard InChI is InChI=1S/C9H15NOS/c1-2-11-8(1)7-5-12-9(7)6-3-10-4-6/h6-10H,1-5H2. The van der Waals surface area contributed by atoms with E-state index in [1.54, 1.807) is 0 Å². The van der Waals surface area contributed by atoms with Crippen molar-refractivity contribution in [2.45, 2.75) is 17.8 Å². The van der Waals surface area contributed by atoms with E-state index in [0.29, 0.717) is 6.10 Å². The zero-order valence-corrected chi connectivity index (χ0v) is 7.98. The number of thioether (sulfide) groups is 1. The topological polar surface area (TPSA) is 21.3 Å². The monoisotopic (exact) mass is 185 g/mol. The summed E-state index contributed by atoms with van der Waals surface area (Å²) < 4.78 is 5.55. The third kappa shape index (κ3) is 1.03. The van der Waals surface area contributed by atoms with Crippen LogP contribution in [0.2, 0.25) is 0 Å². The highest BCUT2D eigenvalue weighted by molar-refractivity contribution is 8.01. The Kier molecular flexibility index (Phi) is 1.85. The first-order valence-corrected chi connectivity index (χ1v) is 5.94. The number of nitrogens with one attached hydrogen (secondary N) is 1. The second-order valence-electron chi connectivity index (χ2n) is 4.08. The lowest BCUT2D eigenvalue weighted by molar-refractivity contribution is -0.0867. The lowest BCUT2D eigenvalue weighted by atomic mass is 9.84. The molecule has 2 nitrogen and oxygen atoms in total. The van der Waals surface area contributed by atoms with Crippen molar-refractivity contribution in [2.75, 3.05) is 25.4 Å². The molecule has 3 rings (SSSR count). The maximum absolute atomic E-state index is 5.55. The SMILES string of the molecule is C1CC(C2CSC2C2CNC2)O1. The van der Waals surface area contributed by atoms with Gasteiger partial charge in [0.15, 0.2) is 0 Å². The van der Waals surface area contributed by atoms with Crippen molar-refractivity contribution in [2.24, 2.45) is 11.8 Å². The lowest BCUT2D eigenvalue weighted by Crippen LogP contribution is -2.57. The summed E-state index contributed by atoms with van der Waals surface area (Å²) in [5.41, 5.74) is 0. The van der Waals surface area contributed by atoms with Crippen molar-refractivity contribution in [1.82, 2.24) is 5.32 Å². The van der Waals surface area contributed by atoms with Gasteiger partial charge in [-0.15, -0.1) is 0 Å². The second kappa shape index (κ2) is 2.89. The van der Waals surface area contributed by atoms with Crippen molar-refractivity contribution in [1.29, 1.82) is 0 Å². The third-order valence-corrected chi connectivity index (χ3v) is 5.09. The molecule has 0 amide bonds. The Bertz CT molecular complexity index is 159. The first kappa shape index (κ1) is 7.65. The molecular weight excluding hydrogens is 170 g/mol. The summed E-state index contributed by atoms with van der Waals surface area (Å²) in [7, 11) is 0. The van der Waals surface area contributed by atoms with E-state index in [1.807, 2.05) is 0 Å². The van der Waals surface area contributed by atoms with Gasteiger partial charge in [-0.25, -0.2) is 0 Å². The predicted octanol–water partition coefficient (Wildman–Crippen LogP) is 0.726. The van der Waals surface area contributed by atoms with Gasteiger partial charge in [0.05, 0.1) is 6.10 Å². The maximum Gasteiger partial charge on any atom is 0.0643 e. The molecule has 0 aromatic carbocycles. The average molecular weight is 185 g/mol. The highest BCUT2D eigenvalue weighted by atomic mass is 32.2. The molecule has 3 aliphatic rings. The fourth-order valence-corrected chi connectivity index (χ4v) is 3.75. The van der Waals surface area contributed by atoms with Gasteiger partial charge in [0, 0.05) is 30.9 Å². The quantitative estimate of drug-likeness (QED) is 0.685. The summed E-state index contributed by atoms with van der Waals surface area (Å²) in [4.78, 5) is 0. The van der Waals surface area contributed by atoms with Gasteiger partial charge in [0.25, 0.3) is 0 Å². The van der Waals surface area contributed by atoms with Crippen LogP contribution in [-0.2, 0) is 4.74 Å². The molecule has 3 unspecified atom stereocenters. The molecule has 1 N–H and O–H groups in total.